The Morgan fingerprint density at radius 1 is 0.429 bits per heavy atom. The van der Waals surface area contributed by atoms with Crippen molar-refractivity contribution in [2.24, 2.45) is 0 Å². The number of furan rings is 1. The molecular weight excluding hydrogens is 599 g/mol. The Hall–Kier alpha value is -5.87. The number of aromatic nitrogens is 3. The molecule has 1 aliphatic carbocycles. The third-order valence-corrected chi connectivity index (χ3v) is 10.9. The van der Waals surface area contributed by atoms with E-state index in [1.165, 1.54) is 27.6 Å². The molecule has 0 saturated carbocycles. The molecule has 9 rings (SSSR count). The fourth-order valence-electron chi connectivity index (χ4n) is 7.53. The van der Waals surface area contributed by atoms with Crippen molar-refractivity contribution in [2.75, 3.05) is 0 Å². The molecule has 0 atom stereocenters. The van der Waals surface area contributed by atoms with E-state index in [1.54, 1.807) is 0 Å². The van der Waals surface area contributed by atoms with E-state index in [0.29, 0.717) is 17.5 Å². The molecule has 0 unspecified atom stereocenters. The molecule has 0 fully saturated rings. The monoisotopic (exact) mass is 633 g/mol. The molecule has 49 heavy (non-hydrogen) atoms. The van der Waals surface area contributed by atoms with Crippen LogP contribution >= 0.6 is 0 Å². The second-order valence-corrected chi connectivity index (χ2v) is 14.1. The summed E-state index contributed by atoms with van der Waals surface area (Å²) in [5, 5.41) is 2.36. The predicted octanol–water partition coefficient (Wildman–Crippen LogP) is 11.7. The van der Waals surface area contributed by atoms with Gasteiger partial charge >= 0.3 is 0 Å². The van der Waals surface area contributed by atoms with Crippen LogP contribution in [-0.4, -0.2) is 15.0 Å². The van der Waals surface area contributed by atoms with Gasteiger partial charge < -0.3 is 4.42 Å². The van der Waals surface area contributed by atoms with Gasteiger partial charge in [0, 0.05) is 27.5 Å². The van der Waals surface area contributed by atoms with Gasteiger partial charge in [0.2, 0.25) is 0 Å². The van der Waals surface area contributed by atoms with E-state index in [2.05, 4.69) is 100 Å². The van der Waals surface area contributed by atoms with Crippen LogP contribution in [0.4, 0.5) is 0 Å². The molecule has 2 heterocycles. The maximum Gasteiger partial charge on any atom is 0.164 e. The van der Waals surface area contributed by atoms with Crippen molar-refractivity contribution >= 4 is 21.9 Å². The molecule has 1 aliphatic rings. The van der Waals surface area contributed by atoms with Gasteiger partial charge in [0.25, 0.3) is 0 Å². The molecule has 0 saturated heterocycles. The first kappa shape index (κ1) is 29.3. The SMILES string of the molecule is CC1(C)c2cc(-c3cccc(-c4nc(-c5ccccc5)nc(-c5ccccc5)n4)c3)ccc2-c2c(ccc3oc4ccccc4c23)C1(C)C. The van der Waals surface area contributed by atoms with Crippen LogP contribution in [0.3, 0.4) is 0 Å². The van der Waals surface area contributed by atoms with E-state index in [9.17, 15) is 0 Å². The molecule has 0 bridgehead atoms. The van der Waals surface area contributed by atoms with Crippen LogP contribution in [0, 0.1) is 0 Å². The number of nitrogens with zero attached hydrogens (tertiary/aromatic N) is 3. The number of para-hydroxylation sites is 1. The summed E-state index contributed by atoms with van der Waals surface area (Å²) in [7, 11) is 0. The normalized spacial score (nSPS) is 14.4. The van der Waals surface area contributed by atoms with Crippen LogP contribution in [0.1, 0.15) is 38.8 Å². The summed E-state index contributed by atoms with van der Waals surface area (Å²) < 4.78 is 6.36. The van der Waals surface area contributed by atoms with Gasteiger partial charge in [0.15, 0.2) is 17.5 Å². The lowest BCUT2D eigenvalue weighted by molar-refractivity contribution is 0.299. The number of fused-ring (bicyclic) bond motifs is 7. The Labute approximate surface area is 286 Å². The molecule has 0 radical (unpaired) electrons. The van der Waals surface area contributed by atoms with E-state index >= 15 is 0 Å². The van der Waals surface area contributed by atoms with Crippen LogP contribution in [0.5, 0.6) is 0 Å². The van der Waals surface area contributed by atoms with Crippen molar-refractivity contribution in [3.8, 4) is 56.4 Å². The number of rotatable bonds is 4. The number of hydrogen-bond donors (Lipinski definition) is 0. The van der Waals surface area contributed by atoms with Crippen LogP contribution in [0.25, 0.3) is 78.4 Å². The van der Waals surface area contributed by atoms with Gasteiger partial charge in [-0.2, -0.15) is 0 Å². The molecule has 6 aromatic carbocycles. The summed E-state index contributed by atoms with van der Waals surface area (Å²) in [4.78, 5) is 14.9. The highest BCUT2D eigenvalue weighted by atomic mass is 16.3. The minimum Gasteiger partial charge on any atom is -0.456 e. The van der Waals surface area contributed by atoms with E-state index in [4.69, 9.17) is 19.4 Å². The highest BCUT2D eigenvalue weighted by molar-refractivity contribution is 6.14. The average Bonchev–Trinajstić information content (AvgIpc) is 3.53. The second-order valence-electron chi connectivity index (χ2n) is 14.1. The largest absolute Gasteiger partial charge is 0.456 e. The quantitative estimate of drug-likeness (QED) is 0.193. The lowest BCUT2D eigenvalue weighted by Gasteiger charge is -2.48. The molecule has 2 aromatic heterocycles. The van der Waals surface area contributed by atoms with Gasteiger partial charge in [0.05, 0.1) is 0 Å². The van der Waals surface area contributed by atoms with Gasteiger partial charge in [-0.15, -0.1) is 0 Å². The Balaban J connectivity index is 1.21. The summed E-state index contributed by atoms with van der Waals surface area (Å²) in [6.07, 6.45) is 0. The lowest BCUT2D eigenvalue weighted by atomic mass is 9.55. The van der Waals surface area contributed by atoms with Crippen LogP contribution in [0.2, 0.25) is 0 Å². The zero-order valence-electron chi connectivity index (χ0n) is 28.0. The fraction of sp³-hybridized carbons (Fsp3) is 0.133. The lowest BCUT2D eigenvalue weighted by Crippen LogP contribution is -2.43. The molecular formula is C45H35N3O. The maximum absolute atomic E-state index is 6.36. The Morgan fingerprint density at radius 3 is 1.67 bits per heavy atom. The summed E-state index contributed by atoms with van der Waals surface area (Å²) >= 11 is 0. The van der Waals surface area contributed by atoms with Crippen LogP contribution in [-0.2, 0) is 10.8 Å². The zero-order chi connectivity index (χ0) is 33.3. The van der Waals surface area contributed by atoms with Gasteiger partial charge in [-0.25, -0.2) is 15.0 Å². The van der Waals surface area contributed by atoms with E-state index in [1.807, 2.05) is 66.7 Å². The highest BCUT2D eigenvalue weighted by Gasteiger charge is 2.46. The summed E-state index contributed by atoms with van der Waals surface area (Å²) in [5.74, 6) is 1.96. The zero-order valence-corrected chi connectivity index (χ0v) is 28.0. The first-order valence-electron chi connectivity index (χ1n) is 16.9. The van der Waals surface area contributed by atoms with Crippen molar-refractivity contribution in [1.82, 2.24) is 15.0 Å². The molecule has 0 spiro atoms. The fourth-order valence-corrected chi connectivity index (χ4v) is 7.53. The first-order chi connectivity index (χ1) is 23.8. The van der Waals surface area contributed by atoms with Crippen molar-refractivity contribution in [3.05, 3.63) is 151 Å². The molecule has 4 heteroatoms. The molecule has 4 nitrogen and oxygen atoms in total. The second kappa shape index (κ2) is 10.8. The minimum absolute atomic E-state index is 0.130. The summed E-state index contributed by atoms with van der Waals surface area (Å²) in [6.45, 7) is 9.53. The number of benzene rings is 6. The molecule has 0 N–H and O–H groups in total. The van der Waals surface area contributed by atoms with Crippen molar-refractivity contribution in [3.63, 3.8) is 0 Å². The molecule has 8 aromatic rings. The van der Waals surface area contributed by atoms with Crippen molar-refractivity contribution in [1.29, 1.82) is 0 Å². The van der Waals surface area contributed by atoms with E-state index in [-0.39, 0.29) is 10.8 Å². The van der Waals surface area contributed by atoms with Gasteiger partial charge in [-0.3, -0.25) is 0 Å². The van der Waals surface area contributed by atoms with Gasteiger partial charge in [-0.1, -0.05) is 143 Å². The topological polar surface area (TPSA) is 51.8 Å². The predicted molar refractivity (Wildman–Crippen MR) is 200 cm³/mol. The van der Waals surface area contributed by atoms with Gasteiger partial charge in [0.1, 0.15) is 11.2 Å². The smallest absolute Gasteiger partial charge is 0.164 e. The van der Waals surface area contributed by atoms with Crippen molar-refractivity contribution in [2.45, 2.75) is 38.5 Å². The van der Waals surface area contributed by atoms with Crippen LogP contribution in [0.15, 0.2) is 144 Å². The van der Waals surface area contributed by atoms with E-state index < -0.39 is 0 Å². The summed E-state index contributed by atoms with van der Waals surface area (Å²) in [5.41, 5.74) is 12.0. The average molecular weight is 634 g/mol. The highest BCUT2D eigenvalue weighted by Crippen LogP contribution is 2.57. The molecule has 0 aliphatic heterocycles. The standard InChI is InChI=1S/C45H35N3O/c1-44(2)35-24-25-38-40(34-20-11-12-21-37(34)49-38)39(35)33-23-22-31(27-36(33)45(44,3)4)30-18-13-19-32(26-30)43-47-41(28-14-7-5-8-15-28)46-42(48-43)29-16-9-6-10-17-29/h5-27H,1-4H3. The van der Waals surface area contributed by atoms with E-state index in [0.717, 1.165) is 44.4 Å². The van der Waals surface area contributed by atoms with Gasteiger partial charge in [-0.05, 0) is 68.5 Å². The minimum atomic E-state index is -0.139. The molecule has 236 valence electrons. The Bertz CT molecular complexity index is 2490. The molecule has 0 amide bonds. The maximum atomic E-state index is 6.36. The first-order valence-corrected chi connectivity index (χ1v) is 16.9. The summed E-state index contributed by atoms with van der Waals surface area (Å²) in [6, 6.07) is 48.6. The van der Waals surface area contributed by atoms with Crippen LogP contribution < -0.4 is 0 Å². The Kier molecular flexibility index (Phi) is 6.47. The Morgan fingerprint density at radius 2 is 0.980 bits per heavy atom. The van der Waals surface area contributed by atoms with Crippen molar-refractivity contribution < 1.29 is 4.42 Å². The third kappa shape index (κ3) is 4.55. The third-order valence-electron chi connectivity index (χ3n) is 10.9. The number of hydrogen-bond acceptors (Lipinski definition) is 4.